The van der Waals surface area contributed by atoms with Gasteiger partial charge in [0.2, 0.25) is 0 Å². The van der Waals surface area contributed by atoms with E-state index in [1.54, 1.807) is 12.3 Å². The molecule has 2 aromatic rings. The van der Waals surface area contributed by atoms with E-state index in [4.69, 9.17) is 11.6 Å². The van der Waals surface area contributed by atoms with Crippen LogP contribution in [0, 0.1) is 6.92 Å². The summed E-state index contributed by atoms with van der Waals surface area (Å²) >= 11 is 9.00. The summed E-state index contributed by atoms with van der Waals surface area (Å²) < 4.78 is 0.878. The second-order valence-electron chi connectivity index (χ2n) is 3.50. The number of aryl methyl sites for hydroxylation is 1. The maximum absolute atomic E-state index is 11.8. The minimum absolute atomic E-state index is 0.143. The molecule has 0 fully saturated rings. The molecule has 0 bridgehead atoms. The fraction of sp³-hybridized carbons (Fsp3) is 0.0909. The first kappa shape index (κ1) is 12.9. The van der Waals surface area contributed by atoms with Crippen molar-refractivity contribution in [2.24, 2.45) is 0 Å². The molecule has 7 heteroatoms. The first-order valence-corrected chi connectivity index (χ1v) is 6.14. The van der Waals surface area contributed by atoms with Gasteiger partial charge in [-0.3, -0.25) is 9.78 Å². The molecule has 0 unspecified atom stereocenters. The zero-order chi connectivity index (χ0) is 13.1. The fourth-order valence-corrected chi connectivity index (χ4v) is 1.60. The van der Waals surface area contributed by atoms with Gasteiger partial charge in [0.05, 0.1) is 12.4 Å². The second kappa shape index (κ2) is 5.41. The number of nitrogens with zero attached hydrogens (tertiary/aromatic N) is 3. The molecule has 0 saturated heterocycles. The van der Waals surface area contributed by atoms with E-state index in [0.717, 1.165) is 10.0 Å². The highest BCUT2D eigenvalue weighted by Gasteiger charge is 2.10. The zero-order valence-electron chi connectivity index (χ0n) is 9.32. The van der Waals surface area contributed by atoms with Crippen LogP contribution in [0.5, 0.6) is 0 Å². The molecule has 1 N–H and O–H groups in total. The molecule has 0 spiro atoms. The minimum Gasteiger partial charge on any atom is -0.305 e. The maximum atomic E-state index is 11.8. The molecule has 0 aliphatic rings. The van der Waals surface area contributed by atoms with E-state index in [-0.39, 0.29) is 10.8 Å². The van der Waals surface area contributed by atoms with Gasteiger partial charge in [0.15, 0.2) is 0 Å². The third-order valence-electron chi connectivity index (χ3n) is 2.13. The molecule has 0 saturated carbocycles. The summed E-state index contributed by atoms with van der Waals surface area (Å²) in [6, 6.07) is 1.75. The Bertz CT molecular complexity index is 605. The molecule has 2 aromatic heterocycles. The van der Waals surface area contributed by atoms with Crippen molar-refractivity contribution in [3.8, 4) is 0 Å². The van der Waals surface area contributed by atoms with Crippen molar-refractivity contribution in [2.45, 2.75) is 6.92 Å². The Balaban J connectivity index is 2.18. The van der Waals surface area contributed by atoms with Crippen LogP contribution in [0.25, 0.3) is 0 Å². The van der Waals surface area contributed by atoms with Gasteiger partial charge in [-0.25, -0.2) is 9.97 Å². The van der Waals surface area contributed by atoms with Crippen molar-refractivity contribution in [1.82, 2.24) is 15.0 Å². The topological polar surface area (TPSA) is 67.8 Å². The number of hydrogen-bond acceptors (Lipinski definition) is 4. The lowest BCUT2D eigenvalue weighted by Crippen LogP contribution is -2.15. The summed E-state index contributed by atoms with van der Waals surface area (Å²) in [6.45, 7) is 1.90. The molecular formula is C11H8BrClN4O. The van der Waals surface area contributed by atoms with Crippen molar-refractivity contribution in [3.63, 3.8) is 0 Å². The molecule has 0 aromatic carbocycles. The number of nitrogens with one attached hydrogen (secondary N) is 1. The average Bonchev–Trinajstić information content (AvgIpc) is 2.34. The van der Waals surface area contributed by atoms with Crippen LogP contribution in [-0.4, -0.2) is 20.9 Å². The molecule has 0 atom stereocenters. The van der Waals surface area contributed by atoms with E-state index in [1.165, 1.54) is 12.4 Å². The Labute approximate surface area is 117 Å². The summed E-state index contributed by atoms with van der Waals surface area (Å²) in [5.41, 5.74) is 1.11. The van der Waals surface area contributed by atoms with E-state index < -0.39 is 5.91 Å². The molecular weight excluding hydrogens is 320 g/mol. The Morgan fingerprint density at radius 3 is 2.83 bits per heavy atom. The molecule has 2 heterocycles. The SMILES string of the molecule is Cc1cc(NC(=O)c2cncc(Cl)n2)ncc1Br. The van der Waals surface area contributed by atoms with Gasteiger partial charge < -0.3 is 5.32 Å². The Kier molecular flexibility index (Phi) is 3.88. The van der Waals surface area contributed by atoms with Gasteiger partial charge >= 0.3 is 0 Å². The number of carbonyl (C=O) groups is 1. The zero-order valence-corrected chi connectivity index (χ0v) is 11.7. The number of pyridine rings is 1. The number of aromatic nitrogens is 3. The molecule has 1 amide bonds. The smallest absolute Gasteiger partial charge is 0.277 e. The predicted octanol–water partition coefficient (Wildman–Crippen LogP) is 2.85. The first-order chi connectivity index (χ1) is 8.56. The van der Waals surface area contributed by atoms with Gasteiger partial charge in [-0.05, 0) is 34.5 Å². The van der Waals surface area contributed by atoms with E-state index in [1.807, 2.05) is 6.92 Å². The molecule has 2 rings (SSSR count). The molecule has 0 aliphatic heterocycles. The van der Waals surface area contributed by atoms with E-state index in [2.05, 4.69) is 36.2 Å². The Hall–Kier alpha value is -1.53. The van der Waals surface area contributed by atoms with E-state index >= 15 is 0 Å². The predicted molar refractivity (Wildman–Crippen MR) is 71.7 cm³/mol. The van der Waals surface area contributed by atoms with E-state index in [0.29, 0.717) is 5.82 Å². The van der Waals surface area contributed by atoms with Crippen molar-refractivity contribution in [2.75, 3.05) is 5.32 Å². The quantitative estimate of drug-likeness (QED) is 0.921. The molecule has 0 radical (unpaired) electrons. The number of anilines is 1. The third-order valence-corrected chi connectivity index (χ3v) is 3.14. The van der Waals surface area contributed by atoms with Crippen molar-refractivity contribution >= 4 is 39.3 Å². The molecule has 18 heavy (non-hydrogen) atoms. The number of hydrogen-bond donors (Lipinski definition) is 1. The van der Waals surface area contributed by atoms with Crippen molar-refractivity contribution in [1.29, 1.82) is 0 Å². The average molecular weight is 328 g/mol. The largest absolute Gasteiger partial charge is 0.305 e. The van der Waals surface area contributed by atoms with Crippen LogP contribution in [0.1, 0.15) is 16.1 Å². The molecule has 5 nitrogen and oxygen atoms in total. The fourth-order valence-electron chi connectivity index (χ4n) is 1.24. The minimum atomic E-state index is -0.403. The highest BCUT2D eigenvalue weighted by Crippen LogP contribution is 2.17. The van der Waals surface area contributed by atoms with Crippen LogP contribution in [0.4, 0.5) is 5.82 Å². The van der Waals surface area contributed by atoms with Gasteiger partial charge in [0.1, 0.15) is 16.7 Å². The van der Waals surface area contributed by atoms with Gasteiger partial charge in [-0.15, -0.1) is 0 Å². The Morgan fingerprint density at radius 2 is 2.17 bits per heavy atom. The second-order valence-corrected chi connectivity index (χ2v) is 4.74. The van der Waals surface area contributed by atoms with Crippen LogP contribution in [-0.2, 0) is 0 Å². The van der Waals surface area contributed by atoms with Crippen molar-refractivity contribution < 1.29 is 4.79 Å². The number of rotatable bonds is 2. The summed E-state index contributed by atoms with van der Waals surface area (Å²) in [4.78, 5) is 23.6. The summed E-state index contributed by atoms with van der Waals surface area (Å²) in [5, 5.41) is 2.79. The third kappa shape index (κ3) is 3.02. The lowest BCUT2D eigenvalue weighted by atomic mass is 10.3. The standard InChI is InChI=1S/C11H8BrClN4O/c1-6-2-10(15-3-7(6)12)17-11(18)8-4-14-5-9(13)16-8/h2-5H,1H3,(H,15,17,18). The number of halogens is 2. The van der Waals surface area contributed by atoms with Gasteiger partial charge in [0.25, 0.3) is 5.91 Å². The van der Waals surface area contributed by atoms with E-state index in [9.17, 15) is 4.79 Å². The molecule has 0 aliphatic carbocycles. The van der Waals surface area contributed by atoms with Crippen LogP contribution in [0.2, 0.25) is 5.15 Å². The number of amides is 1. The lowest BCUT2D eigenvalue weighted by molar-refractivity contribution is 0.102. The first-order valence-electron chi connectivity index (χ1n) is 4.97. The van der Waals surface area contributed by atoms with Crippen molar-refractivity contribution in [3.05, 3.63) is 45.5 Å². The van der Waals surface area contributed by atoms with Gasteiger partial charge in [-0.1, -0.05) is 11.6 Å². The van der Waals surface area contributed by atoms with Crippen LogP contribution in [0.3, 0.4) is 0 Å². The summed E-state index contributed by atoms with van der Waals surface area (Å²) in [7, 11) is 0. The van der Waals surface area contributed by atoms with Gasteiger partial charge in [0, 0.05) is 10.7 Å². The normalized spacial score (nSPS) is 10.2. The van der Waals surface area contributed by atoms with Crippen LogP contribution >= 0.6 is 27.5 Å². The summed E-state index contributed by atoms with van der Waals surface area (Å²) in [5.74, 6) is 0.0432. The lowest BCUT2D eigenvalue weighted by Gasteiger charge is -2.05. The molecule has 92 valence electrons. The Morgan fingerprint density at radius 1 is 1.39 bits per heavy atom. The highest BCUT2D eigenvalue weighted by atomic mass is 79.9. The monoisotopic (exact) mass is 326 g/mol. The highest BCUT2D eigenvalue weighted by molar-refractivity contribution is 9.10. The number of carbonyl (C=O) groups excluding carboxylic acids is 1. The van der Waals surface area contributed by atoms with Crippen LogP contribution < -0.4 is 5.32 Å². The maximum Gasteiger partial charge on any atom is 0.277 e. The van der Waals surface area contributed by atoms with Crippen LogP contribution in [0.15, 0.2) is 29.1 Å². The van der Waals surface area contributed by atoms with Gasteiger partial charge in [-0.2, -0.15) is 0 Å². The summed E-state index contributed by atoms with van der Waals surface area (Å²) in [6.07, 6.45) is 4.32.